The average Bonchev–Trinajstić information content (AvgIpc) is 2.91. The van der Waals surface area contributed by atoms with Gasteiger partial charge < -0.3 is 5.32 Å². The minimum Gasteiger partial charge on any atom is -0.324 e. The van der Waals surface area contributed by atoms with Gasteiger partial charge in [0.25, 0.3) is 5.56 Å². The lowest BCUT2D eigenvalue weighted by Crippen LogP contribution is -2.30. The van der Waals surface area contributed by atoms with Crippen LogP contribution in [0.25, 0.3) is 5.82 Å². The van der Waals surface area contributed by atoms with Crippen molar-refractivity contribution in [3.05, 3.63) is 68.2 Å². The van der Waals surface area contributed by atoms with Crippen molar-refractivity contribution in [2.75, 3.05) is 5.32 Å². The molecule has 0 spiro atoms. The van der Waals surface area contributed by atoms with Crippen molar-refractivity contribution in [3.63, 3.8) is 0 Å². The molecule has 0 saturated carbocycles. The predicted octanol–water partition coefficient (Wildman–Crippen LogP) is 2.76. The second-order valence-electron chi connectivity index (χ2n) is 6.03. The van der Waals surface area contributed by atoms with Gasteiger partial charge in [-0.05, 0) is 56.7 Å². The van der Waals surface area contributed by atoms with Gasteiger partial charge in [0.1, 0.15) is 6.54 Å². The highest BCUT2D eigenvalue weighted by molar-refractivity contribution is 9.10. The number of nitrogens with one attached hydrogen (secondary N) is 1. The summed E-state index contributed by atoms with van der Waals surface area (Å²) in [5, 5.41) is 11.4. The third-order valence-corrected chi connectivity index (χ3v) is 4.33. The first-order valence-corrected chi connectivity index (χ1v) is 8.80. The van der Waals surface area contributed by atoms with Gasteiger partial charge in [0.05, 0.1) is 5.69 Å². The van der Waals surface area contributed by atoms with E-state index in [9.17, 15) is 9.59 Å². The second kappa shape index (κ2) is 7.25. The summed E-state index contributed by atoms with van der Waals surface area (Å²) >= 11 is 3.39. The van der Waals surface area contributed by atoms with Gasteiger partial charge in [-0.3, -0.25) is 9.59 Å². The van der Waals surface area contributed by atoms with Crippen LogP contribution in [-0.2, 0) is 11.3 Å². The maximum absolute atomic E-state index is 12.3. The average molecular weight is 416 g/mol. The van der Waals surface area contributed by atoms with Crippen molar-refractivity contribution in [2.45, 2.75) is 27.3 Å². The van der Waals surface area contributed by atoms with Crippen LogP contribution in [0.5, 0.6) is 0 Å². The van der Waals surface area contributed by atoms with Gasteiger partial charge in [0, 0.05) is 21.9 Å². The molecule has 26 heavy (non-hydrogen) atoms. The van der Waals surface area contributed by atoms with Crippen LogP contribution in [0.2, 0.25) is 0 Å². The van der Waals surface area contributed by atoms with Crippen LogP contribution in [0.1, 0.15) is 17.0 Å². The molecule has 134 valence electrons. The summed E-state index contributed by atoms with van der Waals surface area (Å²) in [4.78, 5) is 24.4. The summed E-state index contributed by atoms with van der Waals surface area (Å²) in [6, 6.07) is 10.5. The molecule has 7 nitrogen and oxygen atoms in total. The first-order chi connectivity index (χ1) is 12.3. The molecule has 3 rings (SSSR count). The van der Waals surface area contributed by atoms with Crippen LogP contribution in [0.15, 0.2) is 45.7 Å². The first kappa shape index (κ1) is 18.1. The number of aryl methyl sites for hydroxylation is 3. The molecular formula is C18H18BrN5O2. The molecule has 3 aromatic rings. The number of amides is 1. The van der Waals surface area contributed by atoms with Crippen LogP contribution in [0.4, 0.5) is 5.69 Å². The van der Waals surface area contributed by atoms with E-state index in [0.717, 1.165) is 26.1 Å². The van der Waals surface area contributed by atoms with E-state index in [1.54, 1.807) is 16.8 Å². The van der Waals surface area contributed by atoms with Crippen LogP contribution in [0, 0.1) is 20.8 Å². The quantitative estimate of drug-likeness (QED) is 0.709. The number of aromatic nitrogens is 4. The van der Waals surface area contributed by atoms with Crippen LogP contribution in [0.3, 0.4) is 0 Å². The van der Waals surface area contributed by atoms with E-state index in [1.165, 1.54) is 6.07 Å². The normalized spacial score (nSPS) is 10.8. The van der Waals surface area contributed by atoms with E-state index in [-0.39, 0.29) is 18.0 Å². The van der Waals surface area contributed by atoms with Gasteiger partial charge in [-0.1, -0.05) is 15.9 Å². The Morgan fingerprint density at radius 2 is 1.88 bits per heavy atom. The van der Waals surface area contributed by atoms with E-state index in [4.69, 9.17) is 0 Å². The highest BCUT2D eigenvalue weighted by atomic mass is 79.9. The minimum absolute atomic E-state index is 0.179. The van der Waals surface area contributed by atoms with E-state index >= 15 is 0 Å². The van der Waals surface area contributed by atoms with Crippen molar-refractivity contribution < 1.29 is 4.79 Å². The Morgan fingerprint density at radius 3 is 2.54 bits per heavy atom. The van der Waals surface area contributed by atoms with E-state index in [1.807, 2.05) is 39.0 Å². The minimum atomic E-state index is -0.349. The van der Waals surface area contributed by atoms with E-state index < -0.39 is 0 Å². The molecule has 2 aromatic heterocycles. The highest BCUT2D eigenvalue weighted by Crippen LogP contribution is 2.20. The smallest absolute Gasteiger partial charge is 0.267 e. The Kier molecular flexibility index (Phi) is 5.03. The number of carbonyl (C=O) groups is 1. The zero-order chi connectivity index (χ0) is 18.8. The Labute approximate surface area is 158 Å². The van der Waals surface area contributed by atoms with Gasteiger partial charge in [0.15, 0.2) is 5.82 Å². The predicted molar refractivity (Wildman–Crippen MR) is 103 cm³/mol. The summed E-state index contributed by atoms with van der Waals surface area (Å²) in [5.74, 6) is 0.165. The number of anilines is 1. The second-order valence-corrected chi connectivity index (χ2v) is 6.95. The molecule has 0 unspecified atom stereocenters. The van der Waals surface area contributed by atoms with Crippen molar-refractivity contribution in [2.24, 2.45) is 0 Å². The maximum Gasteiger partial charge on any atom is 0.267 e. The fourth-order valence-electron chi connectivity index (χ4n) is 2.62. The first-order valence-electron chi connectivity index (χ1n) is 8.01. The van der Waals surface area contributed by atoms with Gasteiger partial charge in [-0.15, -0.1) is 5.10 Å². The maximum atomic E-state index is 12.3. The molecule has 1 aromatic carbocycles. The van der Waals surface area contributed by atoms with Crippen molar-refractivity contribution in [3.8, 4) is 5.82 Å². The molecule has 0 aliphatic rings. The Balaban J connectivity index is 1.83. The fraction of sp³-hybridized carbons (Fsp3) is 0.222. The van der Waals surface area contributed by atoms with E-state index in [0.29, 0.717) is 11.5 Å². The molecule has 0 atom stereocenters. The van der Waals surface area contributed by atoms with Crippen LogP contribution in [-0.4, -0.2) is 25.5 Å². The lowest BCUT2D eigenvalue weighted by atomic mass is 10.2. The summed E-state index contributed by atoms with van der Waals surface area (Å²) in [6.07, 6.45) is 0. The molecule has 1 amide bonds. The largest absolute Gasteiger partial charge is 0.324 e. The van der Waals surface area contributed by atoms with Gasteiger partial charge >= 0.3 is 0 Å². The molecule has 0 radical (unpaired) electrons. The van der Waals surface area contributed by atoms with Crippen molar-refractivity contribution in [1.29, 1.82) is 0 Å². The van der Waals surface area contributed by atoms with Gasteiger partial charge in [0.2, 0.25) is 5.91 Å². The van der Waals surface area contributed by atoms with E-state index in [2.05, 4.69) is 31.4 Å². The standard InChI is InChI=1S/C18H18BrN5O2/c1-11-8-14(19)4-5-15(11)20-17(25)10-23-18(26)7-6-16(22-23)24-13(3)9-12(2)21-24/h4-9H,10H2,1-3H3,(H,20,25). The number of hydrogen-bond acceptors (Lipinski definition) is 4. The lowest BCUT2D eigenvalue weighted by Gasteiger charge is -2.10. The zero-order valence-corrected chi connectivity index (χ0v) is 16.2. The summed E-state index contributed by atoms with van der Waals surface area (Å²) in [5.41, 5.74) is 3.02. The SMILES string of the molecule is Cc1cc(C)n(-c2ccc(=O)n(CC(=O)Nc3ccc(Br)cc3C)n2)n1. The molecule has 1 N–H and O–H groups in total. The zero-order valence-electron chi connectivity index (χ0n) is 14.7. The molecule has 0 saturated heterocycles. The molecular weight excluding hydrogens is 398 g/mol. The Morgan fingerprint density at radius 1 is 1.12 bits per heavy atom. The van der Waals surface area contributed by atoms with Crippen LogP contribution < -0.4 is 10.9 Å². The lowest BCUT2D eigenvalue weighted by molar-refractivity contribution is -0.117. The fourth-order valence-corrected chi connectivity index (χ4v) is 3.09. The number of benzene rings is 1. The summed E-state index contributed by atoms with van der Waals surface area (Å²) in [6.45, 7) is 5.50. The number of halogens is 1. The molecule has 8 heteroatoms. The third-order valence-electron chi connectivity index (χ3n) is 3.84. The topological polar surface area (TPSA) is 81.8 Å². The number of hydrogen-bond donors (Lipinski definition) is 1. The highest BCUT2D eigenvalue weighted by Gasteiger charge is 2.11. The number of carbonyl (C=O) groups excluding carboxylic acids is 1. The van der Waals surface area contributed by atoms with Crippen molar-refractivity contribution in [1.82, 2.24) is 19.6 Å². The Bertz CT molecular complexity index is 1040. The van der Waals surface area contributed by atoms with Crippen molar-refractivity contribution >= 4 is 27.5 Å². The Hall–Kier alpha value is -2.74. The molecule has 0 bridgehead atoms. The third kappa shape index (κ3) is 3.91. The molecule has 0 aliphatic heterocycles. The monoisotopic (exact) mass is 415 g/mol. The molecule has 0 aliphatic carbocycles. The van der Waals surface area contributed by atoms with Crippen LogP contribution >= 0.6 is 15.9 Å². The number of nitrogens with zero attached hydrogens (tertiary/aromatic N) is 4. The van der Waals surface area contributed by atoms with Gasteiger partial charge in [-0.25, -0.2) is 9.36 Å². The molecule has 0 fully saturated rings. The summed E-state index contributed by atoms with van der Waals surface area (Å²) < 4.78 is 3.71. The number of rotatable bonds is 4. The summed E-state index contributed by atoms with van der Waals surface area (Å²) in [7, 11) is 0. The van der Waals surface area contributed by atoms with Gasteiger partial charge in [-0.2, -0.15) is 5.10 Å². The molecule has 2 heterocycles.